The molecular formula is C13H20N2O. The average Bonchev–Trinajstić information content (AvgIpc) is 2.26. The Labute approximate surface area is 97.0 Å². The third kappa shape index (κ3) is 3.66. The van der Waals surface area contributed by atoms with Gasteiger partial charge in [0.1, 0.15) is 0 Å². The maximum atomic E-state index is 10.9. The van der Waals surface area contributed by atoms with Gasteiger partial charge in [0.15, 0.2) is 0 Å². The van der Waals surface area contributed by atoms with Gasteiger partial charge >= 0.3 is 0 Å². The molecule has 0 aromatic heterocycles. The van der Waals surface area contributed by atoms with Crippen molar-refractivity contribution >= 4 is 5.91 Å². The van der Waals surface area contributed by atoms with Crippen LogP contribution >= 0.6 is 0 Å². The van der Waals surface area contributed by atoms with E-state index in [2.05, 4.69) is 43.4 Å². The summed E-state index contributed by atoms with van der Waals surface area (Å²) in [5.41, 5.74) is 7.68. The van der Waals surface area contributed by atoms with Gasteiger partial charge in [0.25, 0.3) is 0 Å². The third-order valence-corrected chi connectivity index (χ3v) is 2.79. The number of benzene rings is 1. The van der Waals surface area contributed by atoms with E-state index in [1.807, 2.05) is 6.92 Å². The first-order valence-electron chi connectivity index (χ1n) is 5.60. The van der Waals surface area contributed by atoms with E-state index in [0.717, 1.165) is 0 Å². The highest BCUT2D eigenvalue weighted by Crippen LogP contribution is 2.13. The zero-order chi connectivity index (χ0) is 12.1. The highest BCUT2D eigenvalue weighted by molar-refractivity contribution is 5.76. The normalized spacial score (nSPS) is 14.4. The summed E-state index contributed by atoms with van der Waals surface area (Å²) in [5, 5.41) is 3.30. The number of hydrogen-bond acceptors (Lipinski definition) is 2. The van der Waals surface area contributed by atoms with Crippen LogP contribution < -0.4 is 11.1 Å². The van der Waals surface area contributed by atoms with E-state index in [4.69, 9.17) is 5.73 Å². The van der Waals surface area contributed by atoms with E-state index in [9.17, 15) is 4.79 Å². The molecule has 0 fully saturated rings. The van der Waals surface area contributed by atoms with Crippen molar-refractivity contribution in [1.29, 1.82) is 0 Å². The topological polar surface area (TPSA) is 55.1 Å². The summed E-state index contributed by atoms with van der Waals surface area (Å²) < 4.78 is 0. The van der Waals surface area contributed by atoms with E-state index in [1.54, 1.807) is 0 Å². The molecule has 1 amide bonds. The molecule has 0 saturated carbocycles. The van der Waals surface area contributed by atoms with Crippen LogP contribution in [0, 0.1) is 12.8 Å². The number of rotatable bonds is 5. The van der Waals surface area contributed by atoms with Crippen LogP contribution in [0.25, 0.3) is 0 Å². The maximum absolute atomic E-state index is 10.9. The first-order valence-corrected chi connectivity index (χ1v) is 5.60. The highest BCUT2D eigenvalue weighted by Gasteiger charge is 2.10. The zero-order valence-electron chi connectivity index (χ0n) is 10.2. The molecule has 0 radical (unpaired) electrons. The Morgan fingerprint density at radius 1 is 1.31 bits per heavy atom. The molecule has 0 aliphatic carbocycles. The Morgan fingerprint density at radius 3 is 2.38 bits per heavy atom. The second-order valence-electron chi connectivity index (χ2n) is 4.34. The predicted octanol–water partition coefficient (Wildman–Crippen LogP) is 1.77. The molecule has 2 atom stereocenters. The molecule has 1 aromatic carbocycles. The van der Waals surface area contributed by atoms with Crippen LogP contribution in [-0.2, 0) is 4.79 Å². The number of primary amides is 1. The van der Waals surface area contributed by atoms with E-state index in [1.165, 1.54) is 11.1 Å². The Balaban J connectivity index is 2.49. The predicted molar refractivity (Wildman–Crippen MR) is 66.0 cm³/mol. The lowest BCUT2D eigenvalue weighted by Crippen LogP contribution is -2.32. The summed E-state index contributed by atoms with van der Waals surface area (Å²) in [5.74, 6) is -0.392. The molecular weight excluding hydrogens is 200 g/mol. The van der Waals surface area contributed by atoms with Crippen LogP contribution in [0.1, 0.15) is 31.0 Å². The van der Waals surface area contributed by atoms with Crippen LogP contribution in [0.4, 0.5) is 0 Å². The zero-order valence-corrected chi connectivity index (χ0v) is 10.2. The summed E-state index contributed by atoms with van der Waals surface area (Å²) >= 11 is 0. The molecule has 88 valence electrons. The van der Waals surface area contributed by atoms with Gasteiger partial charge in [-0.3, -0.25) is 4.79 Å². The number of aryl methyl sites for hydroxylation is 1. The Kier molecular flexibility index (Phi) is 4.50. The standard InChI is InChI=1S/C13H20N2O/c1-9-4-6-12(7-5-9)11(3)15-8-10(2)13(14)16/h4-7,10-11,15H,8H2,1-3H3,(H2,14,16)/t10?,11-/m1/s1. The van der Waals surface area contributed by atoms with Crippen molar-refractivity contribution in [2.75, 3.05) is 6.54 Å². The summed E-state index contributed by atoms with van der Waals surface area (Å²) in [6, 6.07) is 8.61. The number of carbonyl (C=O) groups excluding carboxylic acids is 1. The second kappa shape index (κ2) is 5.66. The van der Waals surface area contributed by atoms with Crippen LogP contribution in [0.5, 0.6) is 0 Å². The van der Waals surface area contributed by atoms with Gasteiger partial charge in [-0.2, -0.15) is 0 Å². The molecule has 0 bridgehead atoms. The van der Waals surface area contributed by atoms with Crippen molar-refractivity contribution in [1.82, 2.24) is 5.32 Å². The van der Waals surface area contributed by atoms with Gasteiger partial charge in [-0.25, -0.2) is 0 Å². The second-order valence-corrected chi connectivity index (χ2v) is 4.34. The molecule has 1 rings (SSSR count). The molecule has 0 saturated heterocycles. The van der Waals surface area contributed by atoms with Crippen molar-refractivity contribution in [3.05, 3.63) is 35.4 Å². The van der Waals surface area contributed by atoms with Gasteiger partial charge < -0.3 is 11.1 Å². The molecule has 3 N–H and O–H groups in total. The lowest BCUT2D eigenvalue weighted by atomic mass is 10.1. The van der Waals surface area contributed by atoms with E-state index in [-0.39, 0.29) is 17.9 Å². The SMILES string of the molecule is Cc1ccc([C@@H](C)NCC(C)C(N)=O)cc1. The monoisotopic (exact) mass is 220 g/mol. The minimum Gasteiger partial charge on any atom is -0.369 e. The van der Waals surface area contributed by atoms with Gasteiger partial charge in [-0.15, -0.1) is 0 Å². The lowest BCUT2D eigenvalue weighted by Gasteiger charge is -2.16. The van der Waals surface area contributed by atoms with Crippen LogP contribution in [0.3, 0.4) is 0 Å². The molecule has 1 aromatic rings. The van der Waals surface area contributed by atoms with Crippen LogP contribution in [0.15, 0.2) is 24.3 Å². The van der Waals surface area contributed by atoms with E-state index >= 15 is 0 Å². The maximum Gasteiger partial charge on any atom is 0.221 e. The number of amides is 1. The third-order valence-electron chi connectivity index (χ3n) is 2.79. The number of hydrogen-bond donors (Lipinski definition) is 2. The summed E-state index contributed by atoms with van der Waals surface area (Å²) in [4.78, 5) is 10.9. The molecule has 3 nitrogen and oxygen atoms in total. The van der Waals surface area contributed by atoms with Crippen molar-refractivity contribution in [2.24, 2.45) is 11.7 Å². The Bertz CT molecular complexity index is 345. The van der Waals surface area contributed by atoms with Crippen molar-refractivity contribution in [3.8, 4) is 0 Å². The van der Waals surface area contributed by atoms with E-state index in [0.29, 0.717) is 6.54 Å². The summed E-state index contributed by atoms with van der Waals surface area (Å²) in [6.07, 6.45) is 0. The molecule has 16 heavy (non-hydrogen) atoms. The minimum atomic E-state index is -0.261. The van der Waals surface area contributed by atoms with Gasteiger partial charge in [-0.1, -0.05) is 36.8 Å². The minimum absolute atomic E-state index is 0.132. The molecule has 0 heterocycles. The van der Waals surface area contributed by atoms with Gasteiger partial charge in [-0.05, 0) is 19.4 Å². The van der Waals surface area contributed by atoms with Gasteiger partial charge in [0.2, 0.25) is 5.91 Å². The summed E-state index contributed by atoms with van der Waals surface area (Å²) in [6.45, 7) is 6.59. The molecule has 0 aliphatic heterocycles. The summed E-state index contributed by atoms with van der Waals surface area (Å²) in [7, 11) is 0. The van der Waals surface area contributed by atoms with Crippen molar-refractivity contribution in [2.45, 2.75) is 26.8 Å². The quantitative estimate of drug-likeness (QED) is 0.794. The Hall–Kier alpha value is -1.35. The lowest BCUT2D eigenvalue weighted by molar-refractivity contribution is -0.121. The fourth-order valence-electron chi connectivity index (χ4n) is 1.43. The fraction of sp³-hybridized carbons (Fsp3) is 0.462. The average molecular weight is 220 g/mol. The number of carbonyl (C=O) groups is 1. The van der Waals surface area contributed by atoms with Gasteiger partial charge in [0, 0.05) is 18.5 Å². The highest BCUT2D eigenvalue weighted by atomic mass is 16.1. The van der Waals surface area contributed by atoms with Gasteiger partial charge in [0.05, 0.1) is 0 Å². The van der Waals surface area contributed by atoms with Crippen molar-refractivity contribution in [3.63, 3.8) is 0 Å². The number of nitrogens with two attached hydrogens (primary N) is 1. The van der Waals surface area contributed by atoms with Crippen LogP contribution in [0.2, 0.25) is 0 Å². The largest absolute Gasteiger partial charge is 0.369 e. The molecule has 1 unspecified atom stereocenters. The van der Waals surface area contributed by atoms with Crippen LogP contribution in [-0.4, -0.2) is 12.5 Å². The fourth-order valence-corrected chi connectivity index (χ4v) is 1.43. The van der Waals surface area contributed by atoms with E-state index < -0.39 is 0 Å². The van der Waals surface area contributed by atoms with Crippen molar-refractivity contribution < 1.29 is 4.79 Å². The Morgan fingerprint density at radius 2 is 1.88 bits per heavy atom. The molecule has 0 spiro atoms. The first-order chi connectivity index (χ1) is 7.50. The molecule has 0 aliphatic rings. The number of nitrogens with one attached hydrogen (secondary N) is 1. The molecule has 3 heteroatoms. The first kappa shape index (κ1) is 12.7. The smallest absolute Gasteiger partial charge is 0.221 e.